The zero-order chi connectivity index (χ0) is 28.6. The third-order valence-corrected chi connectivity index (χ3v) is 7.85. The lowest BCUT2D eigenvalue weighted by Crippen LogP contribution is -2.39. The van der Waals surface area contributed by atoms with Crippen LogP contribution in [0, 0.1) is 31.0 Å². The summed E-state index contributed by atoms with van der Waals surface area (Å²) in [5, 5.41) is 10.3. The predicted molar refractivity (Wildman–Crippen MR) is 153 cm³/mol. The molecular weight excluding hydrogens is 529 g/mol. The van der Waals surface area contributed by atoms with Crippen LogP contribution in [0.5, 0.6) is 11.5 Å². The first-order chi connectivity index (χ1) is 19.2. The molecular formula is C32H29ClFN3O3. The Morgan fingerprint density at radius 2 is 1.80 bits per heavy atom. The summed E-state index contributed by atoms with van der Waals surface area (Å²) in [7, 11) is 1.61. The molecule has 3 aromatic rings. The number of ether oxygens (including phenoxy) is 2. The quantitative estimate of drug-likeness (QED) is 0.351. The smallest absolute Gasteiger partial charge is 0.161 e. The second kappa shape index (κ2) is 11.1. The number of nitrogens with two attached hydrogens (primary N) is 1. The van der Waals surface area contributed by atoms with Gasteiger partial charge < -0.3 is 15.2 Å². The van der Waals surface area contributed by atoms with Crippen molar-refractivity contribution in [1.82, 2.24) is 0 Å². The van der Waals surface area contributed by atoms with Gasteiger partial charge in [-0.1, -0.05) is 23.7 Å². The van der Waals surface area contributed by atoms with E-state index in [1.54, 1.807) is 18.1 Å². The fraction of sp³-hybridized carbons (Fsp3) is 0.250. The number of carbonyl (C=O) groups excluding carboxylic acids is 1. The van der Waals surface area contributed by atoms with Gasteiger partial charge in [0.25, 0.3) is 0 Å². The molecule has 0 amide bonds. The van der Waals surface area contributed by atoms with E-state index in [9.17, 15) is 14.4 Å². The van der Waals surface area contributed by atoms with Crippen LogP contribution < -0.4 is 20.1 Å². The molecule has 1 unspecified atom stereocenters. The Bertz CT molecular complexity index is 1600. The van der Waals surface area contributed by atoms with Crippen molar-refractivity contribution < 1.29 is 18.7 Å². The average molecular weight is 558 g/mol. The molecule has 1 heterocycles. The summed E-state index contributed by atoms with van der Waals surface area (Å²) in [6, 6.07) is 18.0. The Balaban J connectivity index is 1.60. The molecule has 3 aromatic carbocycles. The largest absolute Gasteiger partial charge is 0.497 e. The first-order valence-electron chi connectivity index (χ1n) is 13.0. The highest BCUT2D eigenvalue weighted by atomic mass is 35.5. The Morgan fingerprint density at radius 1 is 1.07 bits per heavy atom. The summed E-state index contributed by atoms with van der Waals surface area (Å²) in [6.45, 7) is 4.29. The van der Waals surface area contributed by atoms with Gasteiger partial charge in [0.1, 0.15) is 29.7 Å². The number of aryl methyl sites for hydroxylation is 2. The zero-order valence-electron chi connectivity index (χ0n) is 22.6. The monoisotopic (exact) mass is 557 g/mol. The van der Waals surface area contributed by atoms with Crippen LogP contribution in [-0.4, -0.2) is 12.9 Å². The number of ketones is 1. The molecule has 0 radical (unpaired) electrons. The maximum atomic E-state index is 14.0. The van der Waals surface area contributed by atoms with Crippen LogP contribution in [0.4, 0.5) is 10.1 Å². The van der Waals surface area contributed by atoms with Crippen molar-refractivity contribution in [2.45, 2.75) is 45.6 Å². The fourth-order valence-corrected chi connectivity index (χ4v) is 5.71. The summed E-state index contributed by atoms with van der Waals surface area (Å²) in [6.07, 6.45) is 1.62. The molecule has 0 saturated heterocycles. The Kier molecular flexibility index (Phi) is 7.55. The van der Waals surface area contributed by atoms with Crippen LogP contribution in [-0.2, 0) is 11.4 Å². The van der Waals surface area contributed by atoms with Gasteiger partial charge in [-0.25, -0.2) is 4.39 Å². The van der Waals surface area contributed by atoms with Gasteiger partial charge >= 0.3 is 0 Å². The molecule has 0 bridgehead atoms. The molecule has 6 nitrogen and oxygen atoms in total. The van der Waals surface area contributed by atoms with E-state index in [0.717, 1.165) is 33.7 Å². The number of nitriles is 1. The number of halogens is 2. The molecule has 0 saturated carbocycles. The molecule has 0 spiro atoms. The van der Waals surface area contributed by atoms with Crippen molar-refractivity contribution in [2.75, 3.05) is 12.0 Å². The van der Waals surface area contributed by atoms with Gasteiger partial charge in [-0.3, -0.25) is 9.69 Å². The highest BCUT2D eigenvalue weighted by Gasteiger charge is 2.41. The number of anilines is 1. The van der Waals surface area contributed by atoms with Gasteiger partial charge in [-0.05, 0) is 91.4 Å². The summed E-state index contributed by atoms with van der Waals surface area (Å²) >= 11 is 6.10. The summed E-state index contributed by atoms with van der Waals surface area (Å²) < 4.78 is 25.3. The van der Waals surface area contributed by atoms with E-state index in [1.165, 1.54) is 12.1 Å². The van der Waals surface area contributed by atoms with E-state index in [4.69, 9.17) is 26.8 Å². The molecule has 1 aliphatic carbocycles. The number of carbonyl (C=O) groups is 1. The van der Waals surface area contributed by atoms with Gasteiger partial charge in [0.15, 0.2) is 5.78 Å². The SMILES string of the molecule is COc1ccc(OCc2cc(C3C(C#N)=C(N)N(c4ccc(F)c(Cl)c4)C4=C3C(=O)CCC4)c(C)cc2C)cc1. The van der Waals surface area contributed by atoms with E-state index in [-0.39, 0.29) is 22.2 Å². The Morgan fingerprint density at radius 3 is 2.48 bits per heavy atom. The molecule has 0 fully saturated rings. The molecule has 8 heteroatoms. The number of Topliss-reactive ketones (excluding diaryl/α,β-unsaturated/α-hetero) is 1. The maximum Gasteiger partial charge on any atom is 0.161 e. The van der Waals surface area contributed by atoms with Crippen molar-refractivity contribution in [1.29, 1.82) is 5.26 Å². The molecule has 2 aliphatic rings. The van der Waals surface area contributed by atoms with Crippen molar-refractivity contribution in [3.63, 3.8) is 0 Å². The maximum absolute atomic E-state index is 14.0. The molecule has 204 valence electrons. The van der Waals surface area contributed by atoms with Gasteiger partial charge in [-0.15, -0.1) is 0 Å². The number of hydrogen-bond donors (Lipinski definition) is 1. The van der Waals surface area contributed by atoms with Crippen LogP contribution in [0.25, 0.3) is 0 Å². The van der Waals surface area contributed by atoms with Gasteiger partial charge in [0.2, 0.25) is 0 Å². The summed E-state index contributed by atoms with van der Waals surface area (Å²) in [5.41, 5.74) is 12.5. The highest BCUT2D eigenvalue weighted by Crippen LogP contribution is 2.47. The van der Waals surface area contributed by atoms with Crippen LogP contribution >= 0.6 is 11.6 Å². The van der Waals surface area contributed by atoms with Crippen LogP contribution in [0.1, 0.15) is 47.4 Å². The van der Waals surface area contributed by atoms with Crippen molar-refractivity contribution in [2.24, 2.45) is 5.73 Å². The molecule has 1 atom stereocenters. The number of allylic oxidation sites excluding steroid dienone is 3. The van der Waals surface area contributed by atoms with E-state index >= 15 is 0 Å². The van der Waals surface area contributed by atoms with Crippen molar-refractivity contribution in [3.05, 3.63) is 110 Å². The number of rotatable bonds is 6. The third-order valence-electron chi connectivity index (χ3n) is 7.56. The first-order valence-corrected chi connectivity index (χ1v) is 13.4. The minimum Gasteiger partial charge on any atom is -0.497 e. The first kappa shape index (κ1) is 27.3. The lowest BCUT2D eigenvalue weighted by Gasteiger charge is -2.40. The Labute approximate surface area is 238 Å². The Hall–Kier alpha value is -4.28. The van der Waals surface area contributed by atoms with Gasteiger partial charge in [0.05, 0.1) is 29.7 Å². The van der Waals surface area contributed by atoms with E-state index in [0.29, 0.717) is 42.9 Å². The third kappa shape index (κ3) is 4.91. The number of methoxy groups -OCH3 is 1. The lowest BCUT2D eigenvalue weighted by molar-refractivity contribution is -0.116. The summed E-state index contributed by atoms with van der Waals surface area (Å²) in [4.78, 5) is 15.2. The highest BCUT2D eigenvalue weighted by molar-refractivity contribution is 6.31. The normalized spacial score (nSPS) is 17.1. The zero-order valence-corrected chi connectivity index (χ0v) is 23.3. The molecule has 0 aromatic heterocycles. The second-order valence-corrected chi connectivity index (χ2v) is 10.4. The van der Waals surface area contributed by atoms with E-state index in [2.05, 4.69) is 6.07 Å². The van der Waals surface area contributed by atoms with Crippen LogP contribution in [0.15, 0.2) is 77.3 Å². The van der Waals surface area contributed by atoms with Crippen molar-refractivity contribution in [3.8, 4) is 17.6 Å². The molecule has 2 N–H and O–H groups in total. The fourth-order valence-electron chi connectivity index (χ4n) is 5.53. The second-order valence-electron chi connectivity index (χ2n) is 10.0. The molecule has 40 heavy (non-hydrogen) atoms. The van der Waals surface area contributed by atoms with E-state index < -0.39 is 11.7 Å². The minimum atomic E-state index is -0.625. The predicted octanol–water partition coefficient (Wildman–Crippen LogP) is 6.99. The minimum absolute atomic E-state index is 0.0271. The number of benzene rings is 3. The topological polar surface area (TPSA) is 88.6 Å². The van der Waals surface area contributed by atoms with Crippen LogP contribution in [0.2, 0.25) is 5.02 Å². The standard InChI is InChI=1S/C32H29ClFN3O3/c1-18-13-19(2)24(14-20(18)17-40-23-10-8-22(39-3)9-11-23)30-25(16-35)32(36)37(21-7-12-27(34)26(33)15-21)28-5-4-6-29(38)31(28)30/h7-15,30H,4-6,17,36H2,1-3H3. The molecule has 1 aliphatic heterocycles. The van der Waals surface area contributed by atoms with Gasteiger partial charge in [0, 0.05) is 23.4 Å². The van der Waals surface area contributed by atoms with Crippen LogP contribution in [0.3, 0.4) is 0 Å². The molecule has 5 rings (SSSR count). The van der Waals surface area contributed by atoms with Crippen molar-refractivity contribution >= 4 is 23.1 Å². The average Bonchev–Trinajstić information content (AvgIpc) is 2.94. The lowest BCUT2D eigenvalue weighted by atomic mass is 9.74. The van der Waals surface area contributed by atoms with E-state index in [1.807, 2.05) is 50.2 Å². The summed E-state index contributed by atoms with van der Waals surface area (Å²) in [5.74, 6) is 0.436. The van der Waals surface area contributed by atoms with Gasteiger partial charge in [-0.2, -0.15) is 5.26 Å². The number of nitrogens with zero attached hydrogens (tertiary/aromatic N) is 2. The number of hydrogen-bond acceptors (Lipinski definition) is 6.